The van der Waals surface area contributed by atoms with Gasteiger partial charge in [0.25, 0.3) is 10.1 Å². The Morgan fingerprint density at radius 3 is 1.88 bits per heavy atom. The van der Waals surface area contributed by atoms with Crippen molar-refractivity contribution in [3.63, 3.8) is 0 Å². The van der Waals surface area contributed by atoms with E-state index in [9.17, 15) is 8.42 Å². The van der Waals surface area contributed by atoms with Crippen molar-refractivity contribution in [1.29, 1.82) is 0 Å². The molecule has 0 bridgehead atoms. The van der Waals surface area contributed by atoms with E-state index < -0.39 is 22.5 Å². The Morgan fingerprint density at radius 2 is 1.88 bits per heavy atom. The average Bonchev–Trinajstić information content (AvgIpc) is 1.30. The molecule has 0 aromatic carbocycles. The molecule has 0 saturated carbocycles. The van der Waals surface area contributed by atoms with Crippen LogP contribution < -0.4 is 0 Å². The van der Waals surface area contributed by atoms with Gasteiger partial charge in [-0.2, -0.15) is 8.42 Å². The molecule has 0 aromatic rings. The van der Waals surface area contributed by atoms with Crippen molar-refractivity contribution in [3.05, 3.63) is 0 Å². The first-order valence-corrected chi connectivity index (χ1v) is 3.23. The molecule has 2 N–H and O–H groups in total. The van der Waals surface area contributed by atoms with Crippen LogP contribution in [0.2, 0.25) is 0 Å². The summed E-state index contributed by atoms with van der Waals surface area (Å²) < 4.78 is 27.1. The van der Waals surface area contributed by atoms with Crippen molar-refractivity contribution in [2.24, 2.45) is 0 Å². The molecule has 0 aliphatic carbocycles. The van der Waals surface area contributed by atoms with Crippen molar-refractivity contribution >= 4 is 33.2 Å². The Balaban J connectivity index is -0.0000000600. The molecule has 0 fully saturated rings. The van der Waals surface area contributed by atoms with Crippen LogP contribution in [0.3, 0.4) is 0 Å². The molecule has 0 amide bonds. The molecule has 0 radical (unpaired) electrons. The maximum Gasteiger partial charge on any atom is 2.00 e. The van der Waals surface area contributed by atoms with Gasteiger partial charge in [0.05, 0.1) is 12.4 Å². The molecule has 0 aliphatic rings. The zero-order chi connectivity index (χ0) is 5.91. The molecule has 6 heteroatoms. The molecule has 0 aromatic heterocycles. The Kier molecular flexibility index (Phi) is 6.45. The molecule has 0 unspecified atom stereocenters. The second-order valence-corrected chi connectivity index (χ2v) is 2.58. The van der Waals surface area contributed by atoms with Gasteiger partial charge >= 0.3 is 23.1 Å². The largest absolute Gasteiger partial charge is 2.00 e. The standard InChI is InChI=1S/C2H6O4S.Mg.2H/c3-1-2-7(4,5)6;;;/h3H,1-2H2,(H,4,5,6);;;/q;+2;2*-1. The van der Waals surface area contributed by atoms with Crippen LogP contribution in [0, 0.1) is 0 Å². The zero-order valence-electron chi connectivity index (χ0n) is 6.24. The van der Waals surface area contributed by atoms with Crippen LogP contribution in [0.5, 0.6) is 0 Å². The van der Waals surface area contributed by atoms with Crippen molar-refractivity contribution in [2.75, 3.05) is 12.4 Å². The van der Waals surface area contributed by atoms with E-state index in [4.69, 9.17) is 9.66 Å². The van der Waals surface area contributed by atoms with E-state index in [1.807, 2.05) is 0 Å². The van der Waals surface area contributed by atoms with Crippen LogP contribution >= 0.6 is 0 Å². The number of rotatable bonds is 2. The maximum absolute atomic E-state index is 9.63. The predicted octanol–water partition coefficient (Wildman–Crippen LogP) is -1.29. The SMILES string of the molecule is O=S(=O)(O)CCO.[H-].[H-].[Mg+2]. The van der Waals surface area contributed by atoms with Crippen molar-refractivity contribution in [1.82, 2.24) is 0 Å². The summed E-state index contributed by atoms with van der Waals surface area (Å²) in [4.78, 5) is 0. The van der Waals surface area contributed by atoms with Gasteiger partial charge in [-0.1, -0.05) is 0 Å². The van der Waals surface area contributed by atoms with Gasteiger partial charge in [0, 0.05) is 0 Å². The summed E-state index contributed by atoms with van der Waals surface area (Å²) >= 11 is 0. The summed E-state index contributed by atoms with van der Waals surface area (Å²) in [6.07, 6.45) is 0. The first kappa shape index (κ1) is 11.4. The molecule has 0 atom stereocenters. The van der Waals surface area contributed by atoms with Crippen LogP contribution in [0.4, 0.5) is 0 Å². The Labute approximate surface area is 66.8 Å². The minimum Gasteiger partial charge on any atom is -1.00 e. The molecule has 8 heavy (non-hydrogen) atoms. The molecule has 0 rings (SSSR count). The third-order valence-corrected chi connectivity index (χ3v) is 1.05. The monoisotopic (exact) mass is 152 g/mol. The van der Waals surface area contributed by atoms with Crippen LogP contribution in [0.1, 0.15) is 2.85 Å². The summed E-state index contributed by atoms with van der Waals surface area (Å²) in [7, 11) is -3.92. The van der Waals surface area contributed by atoms with Crippen LogP contribution in [-0.2, 0) is 10.1 Å². The molecule has 48 valence electrons. The minimum absolute atomic E-state index is 0. The van der Waals surface area contributed by atoms with Gasteiger partial charge in [0.2, 0.25) is 0 Å². The van der Waals surface area contributed by atoms with Crippen molar-refractivity contribution in [2.45, 2.75) is 0 Å². The zero-order valence-corrected chi connectivity index (χ0v) is 6.47. The Morgan fingerprint density at radius 1 is 1.50 bits per heavy atom. The summed E-state index contributed by atoms with van der Waals surface area (Å²) in [5.41, 5.74) is 0. The van der Waals surface area contributed by atoms with Crippen LogP contribution in [-0.4, -0.2) is 53.5 Å². The number of aliphatic hydroxyl groups excluding tert-OH is 1. The third kappa shape index (κ3) is 9.81. The normalized spacial score (nSPS) is 10.2. The summed E-state index contributed by atoms with van der Waals surface area (Å²) in [6, 6.07) is 0. The fourth-order valence-corrected chi connectivity index (χ4v) is 0.346. The van der Waals surface area contributed by atoms with Gasteiger partial charge in [-0.05, 0) is 0 Å². The van der Waals surface area contributed by atoms with E-state index in [2.05, 4.69) is 0 Å². The summed E-state index contributed by atoms with van der Waals surface area (Å²) in [6.45, 7) is -0.529. The van der Waals surface area contributed by atoms with E-state index in [1.165, 1.54) is 0 Å². The summed E-state index contributed by atoms with van der Waals surface area (Å²) in [5.74, 6) is -0.576. The first-order chi connectivity index (χ1) is 3.06. The molecule has 0 aliphatic heterocycles. The van der Waals surface area contributed by atoms with Gasteiger partial charge in [-0.25, -0.2) is 0 Å². The summed E-state index contributed by atoms with van der Waals surface area (Å²) in [5, 5.41) is 7.86. The van der Waals surface area contributed by atoms with Crippen LogP contribution in [0.15, 0.2) is 0 Å². The first-order valence-electron chi connectivity index (χ1n) is 1.62. The van der Waals surface area contributed by atoms with Gasteiger partial charge in [-0.3, -0.25) is 4.55 Å². The second-order valence-electron chi connectivity index (χ2n) is 1.01. The Bertz CT molecular complexity index is 134. The van der Waals surface area contributed by atoms with Gasteiger partial charge in [0.15, 0.2) is 0 Å². The molecule has 0 saturated heterocycles. The van der Waals surface area contributed by atoms with Gasteiger partial charge in [0.1, 0.15) is 0 Å². The van der Waals surface area contributed by atoms with E-state index >= 15 is 0 Å². The van der Waals surface area contributed by atoms with E-state index in [-0.39, 0.29) is 25.9 Å². The van der Waals surface area contributed by atoms with E-state index in [0.717, 1.165) is 0 Å². The maximum atomic E-state index is 9.63. The topological polar surface area (TPSA) is 74.6 Å². The number of aliphatic hydroxyl groups is 1. The molecular weight excluding hydrogens is 144 g/mol. The minimum atomic E-state index is -3.92. The van der Waals surface area contributed by atoms with Crippen molar-refractivity contribution in [3.8, 4) is 0 Å². The van der Waals surface area contributed by atoms with Gasteiger partial charge < -0.3 is 7.96 Å². The average molecular weight is 152 g/mol. The molecule has 4 nitrogen and oxygen atoms in total. The van der Waals surface area contributed by atoms with E-state index in [0.29, 0.717) is 0 Å². The smallest absolute Gasteiger partial charge is 1.00 e. The van der Waals surface area contributed by atoms with Crippen LogP contribution in [0.25, 0.3) is 0 Å². The quantitative estimate of drug-likeness (QED) is 0.381. The molecule has 0 heterocycles. The predicted molar refractivity (Wildman–Crippen MR) is 31.5 cm³/mol. The van der Waals surface area contributed by atoms with E-state index in [1.54, 1.807) is 0 Å². The number of hydrogen-bond donors (Lipinski definition) is 2. The number of hydrogen-bond acceptors (Lipinski definition) is 3. The van der Waals surface area contributed by atoms with Crippen molar-refractivity contribution < 1.29 is 20.9 Å². The third-order valence-electron chi connectivity index (χ3n) is 0.349. The fourth-order valence-electron chi connectivity index (χ4n) is 0.115. The molecular formula is C2H8MgO4S. The Hall–Kier alpha value is 0.636. The fraction of sp³-hybridized carbons (Fsp3) is 1.00. The molecule has 0 spiro atoms. The second kappa shape index (κ2) is 4.51. The van der Waals surface area contributed by atoms with Gasteiger partial charge in [-0.15, -0.1) is 0 Å².